The molecule has 1 aromatic heterocycles. The number of carbonyl (C=O) groups excluding carboxylic acids is 2. The number of nitrogens with zero attached hydrogens (tertiary/aromatic N) is 2. The summed E-state index contributed by atoms with van der Waals surface area (Å²) in [7, 11) is 0. The monoisotopic (exact) mass is 274 g/mol. The number of nitrogens with one attached hydrogen (secondary N) is 1. The second kappa shape index (κ2) is 4.45. The van der Waals surface area contributed by atoms with Crippen LogP contribution < -0.4 is 11.3 Å². The second-order valence-corrected chi connectivity index (χ2v) is 4.89. The first-order valence-corrected chi connectivity index (χ1v) is 6.45. The van der Waals surface area contributed by atoms with E-state index in [9.17, 15) is 9.59 Å². The molecule has 3 N–H and O–H groups in total. The van der Waals surface area contributed by atoms with Gasteiger partial charge in [-0.3, -0.25) is 19.9 Å². The maximum atomic E-state index is 12.1. The summed E-state index contributed by atoms with van der Waals surface area (Å²) in [5.41, 5.74) is 3.95. The van der Waals surface area contributed by atoms with Crippen molar-refractivity contribution in [2.45, 2.75) is 6.54 Å². The molecule has 0 bridgehead atoms. The van der Waals surface area contributed by atoms with E-state index in [1.807, 2.05) is 0 Å². The molecule has 0 aliphatic carbocycles. The van der Waals surface area contributed by atoms with Crippen molar-refractivity contribution in [3.63, 3.8) is 0 Å². The maximum Gasteiger partial charge on any atom is 0.261 e. The highest BCUT2D eigenvalue weighted by Crippen LogP contribution is 2.25. The predicted molar refractivity (Wildman–Crippen MR) is 70.6 cm³/mol. The van der Waals surface area contributed by atoms with Gasteiger partial charge in [0, 0.05) is 5.38 Å². The number of anilines is 1. The van der Waals surface area contributed by atoms with Gasteiger partial charge in [0.25, 0.3) is 11.8 Å². The van der Waals surface area contributed by atoms with Crippen LogP contribution in [0, 0.1) is 0 Å². The summed E-state index contributed by atoms with van der Waals surface area (Å²) in [4.78, 5) is 29.6. The number of hydrazine groups is 1. The van der Waals surface area contributed by atoms with Crippen LogP contribution in [0.4, 0.5) is 5.13 Å². The van der Waals surface area contributed by atoms with E-state index in [-0.39, 0.29) is 18.4 Å². The first kappa shape index (κ1) is 11.8. The van der Waals surface area contributed by atoms with Crippen LogP contribution in [0.5, 0.6) is 0 Å². The van der Waals surface area contributed by atoms with E-state index >= 15 is 0 Å². The first-order valence-electron chi connectivity index (χ1n) is 5.57. The molecule has 1 aliphatic rings. The van der Waals surface area contributed by atoms with Crippen LogP contribution >= 0.6 is 11.3 Å². The fourth-order valence-electron chi connectivity index (χ4n) is 1.99. The number of amides is 2. The second-order valence-electron chi connectivity index (χ2n) is 4.03. The summed E-state index contributed by atoms with van der Waals surface area (Å²) in [5.74, 6) is 4.68. The first-order chi connectivity index (χ1) is 9.20. The van der Waals surface area contributed by atoms with Crippen LogP contribution in [-0.2, 0) is 6.54 Å². The molecule has 2 amide bonds. The van der Waals surface area contributed by atoms with Crippen LogP contribution in [0.15, 0.2) is 29.6 Å². The average Bonchev–Trinajstić information content (AvgIpc) is 2.99. The molecule has 3 rings (SSSR count). The lowest BCUT2D eigenvalue weighted by molar-refractivity contribution is 0.0640. The van der Waals surface area contributed by atoms with Gasteiger partial charge in [0.15, 0.2) is 5.13 Å². The highest BCUT2D eigenvalue weighted by atomic mass is 32.1. The summed E-state index contributed by atoms with van der Waals surface area (Å²) in [6.07, 6.45) is 0. The van der Waals surface area contributed by atoms with Gasteiger partial charge in [0.2, 0.25) is 0 Å². The Labute approximate surface area is 112 Å². The summed E-state index contributed by atoms with van der Waals surface area (Å²) < 4.78 is 0. The number of nitrogens with two attached hydrogens (primary N) is 1. The van der Waals surface area contributed by atoms with Crippen molar-refractivity contribution in [3.05, 3.63) is 46.5 Å². The molecule has 1 aliphatic heterocycles. The standard InChI is InChI=1S/C12H10N4O2S/c13-15-12-14-7(6-19-12)5-16-10(17)8-3-1-2-4-9(8)11(16)18/h1-4,6H,5,13H2,(H,14,15). The van der Waals surface area contributed by atoms with Gasteiger partial charge in [0.1, 0.15) is 0 Å². The van der Waals surface area contributed by atoms with Gasteiger partial charge >= 0.3 is 0 Å². The van der Waals surface area contributed by atoms with E-state index in [1.54, 1.807) is 29.6 Å². The van der Waals surface area contributed by atoms with Crippen LogP contribution in [0.25, 0.3) is 0 Å². The van der Waals surface area contributed by atoms with Gasteiger partial charge in [-0.2, -0.15) is 0 Å². The lowest BCUT2D eigenvalue weighted by atomic mass is 10.1. The van der Waals surface area contributed by atoms with E-state index in [0.717, 1.165) is 0 Å². The van der Waals surface area contributed by atoms with Crippen LogP contribution in [0.2, 0.25) is 0 Å². The van der Waals surface area contributed by atoms with Crippen molar-refractivity contribution in [2.75, 3.05) is 5.43 Å². The summed E-state index contributed by atoms with van der Waals surface area (Å²) in [6.45, 7) is 0.157. The molecule has 96 valence electrons. The molecule has 0 radical (unpaired) electrons. The molecule has 6 nitrogen and oxygen atoms in total. The van der Waals surface area contributed by atoms with Gasteiger partial charge in [-0.15, -0.1) is 11.3 Å². The van der Waals surface area contributed by atoms with Crippen molar-refractivity contribution in [3.8, 4) is 0 Å². The van der Waals surface area contributed by atoms with Crippen molar-refractivity contribution >= 4 is 28.3 Å². The number of nitrogen functional groups attached to an aromatic ring is 1. The third-order valence-electron chi connectivity index (χ3n) is 2.87. The fourth-order valence-corrected chi connectivity index (χ4v) is 2.60. The minimum absolute atomic E-state index is 0.157. The van der Waals surface area contributed by atoms with Crippen LogP contribution in [-0.4, -0.2) is 21.7 Å². The predicted octanol–water partition coefficient (Wildman–Crippen LogP) is 1.22. The van der Waals surface area contributed by atoms with Crippen molar-refractivity contribution in [1.82, 2.24) is 9.88 Å². The van der Waals surface area contributed by atoms with E-state index in [1.165, 1.54) is 16.2 Å². The van der Waals surface area contributed by atoms with Crippen molar-refractivity contribution in [2.24, 2.45) is 5.84 Å². The van der Waals surface area contributed by atoms with E-state index in [2.05, 4.69) is 10.4 Å². The number of benzene rings is 1. The zero-order valence-corrected chi connectivity index (χ0v) is 10.6. The third kappa shape index (κ3) is 1.88. The number of hydrogen-bond donors (Lipinski definition) is 2. The van der Waals surface area contributed by atoms with Gasteiger partial charge in [-0.05, 0) is 12.1 Å². The van der Waals surface area contributed by atoms with Crippen molar-refractivity contribution < 1.29 is 9.59 Å². The summed E-state index contributed by atoms with van der Waals surface area (Å²) >= 11 is 1.32. The number of carbonyl (C=O) groups is 2. The molecule has 0 unspecified atom stereocenters. The largest absolute Gasteiger partial charge is 0.300 e. The van der Waals surface area contributed by atoms with Gasteiger partial charge < -0.3 is 0 Å². The molecule has 0 fully saturated rings. The van der Waals surface area contributed by atoms with Gasteiger partial charge in [0.05, 0.1) is 23.4 Å². The molecule has 2 aromatic rings. The maximum absolute atomic E-state index is 12.1. The topological polar surface area (TPSA) is 88.3 Å². The fraction of sp³-hybridized carbons (Fsp3) is 0.0833. The lowest BCUT2D eigenvalue weighted by Crippen LogP contribution is -2.29. The Kier molecular flexibility index (Phi) is 2.77. The summed E-state index contributed by atoms with van der Waals surface area (Å²) in [5, 5.41) is 2.31. The normalized spacial score (nSPS) is 13.8. The molecule has 1 aromatic carbocycles. The zero-order chi connectivity index (χ0) is 13.4. The lowest BCUT2D eigenvalue weighted by Gasteiger charge is -2.11. The van der Waals surface area contributed by atoms with E-state index in [4.69, 9.17) is 5.84 Å². The smallest absolute Gasteiger partial charge is 0.261 e. The Hall–Kier alpha value is -2.25. The van der Waals surface area contributed by atoms with Gasteiger partial charge in [-0.1, -0.05) is 12.1 Å². The number of imide groups is 1. The average molecular weight is 274 g/mol. The Morgan fingerprint density at radius 3 is 2.37 bits per heavy atom. The van der Waals surface area contributed by atoms with Crippen LogP contribution in [0.3, 0.4) is 0 Å². The highest BCUT2D eigenvalue weighted by molar-refractivity contribution is 7.13. The molecular weight excluding hydrogens is 264 g/mol. The Balaban J connectivity index is 1.88. The highest BCUT2D eigenvalue weighted by Gasteiger charge is 2.35. The van der Waals surface area contributed by atoms with Gasteiger partial charge in [-0.25, -0.2) is 10.8 Å². The number of thiazole rings is 1. The molecule has 2 heterocycles. The number of rotatable bonds is 3. The summed E-state index contributed by atoms with van der Waals surface area (Å²) in [6, 6.07) is 6.80. The SMILES string of the molecule is NNc1nc(CN2C(=O)c3ccccc3C2=O)cs1. The molecule has 19 heavy (non-hydrogen) atoms. The zero-order valence-electron chi connectivity index (χ0n) is 9.79. The number of aromatic nitrogens is 1. The van der Waals surface area contributed by atoms with E-state index < -0.39 is 0 Å². The molecule has 0 saturated heterocycles. The molecule has 0 spiro atoms. The third-order valence-corrected chi connectivity index (χ3v) is 3.70. The molecular formula is C12H10N4O2S. The Morgan fingerprint density at radius 1 is 1.21 bits per heavy atom. The minimum atomic E-state index is -0.282. The number of fused-ring (bicyclic) bond motifs is 1. The molecule has 0 atom stereocenters. The van der Waals surface area contributed by atoms with E-state index in [0.29, 0.717) is 22.0 Å². The Morgan fingerprint density at radius 2 is 1.84 bits per heavy atom. The minimum Gasteiger partial charge on any atom is -0.300 e. The molecule has 7 heteroatoms. The number of hydrogen-bond acceptors (Lipinski definition) is 6. The van der Waals surface area contributed by atoms with Crippen molar-refractivity contribution in [1.29, 1.82) is 0 Å². The quantitative estimate of drug-likeness (QED) is 0.499. The Bertz CT molecular complexity index is 632. The van der Waals surface area contributed by atoms with Crippen LogP contribution in [0.1, 0.15) is 26.4 Å². The molecule has 0 saturated carbocycles.